The lowest BCUT2D eigenvalue weighted by atomic mass is 10.0. The summed E-state index contributed by atoms with van der Waals surface area (Å²) >= 11 is 1.42. The predicted octanol–water partition coefficient (Wildman–Crippen LogP) is 2.66. The summed E-state index contributed by atoms with van der Waals surface area (Å²) in [7, 11) is 0. The molecule has 0 radical (unpaired) electrons. The molecule has 0 spiro atoms. The van der Waals surface area contributed by atoms with Crippen LogP contribution in [0.25, 0.3) is 0 Å². The number of benzene rings is 1. The Morgan fingerprint density at radius 3 is 3.12 bits per heavy atom. The number of nitrogens with zero attached hydrogens (tertiary/aromatic N) is 3. The molecule has 0 fully saturated rings. The lowest BCUT2D eigenvalue weighted by Crippen LogP contribution is -2.20. The Bertz CT molecular complexity index is 481. The highest BCUT2D eigenvalue weighted by Gasteiger charge is 2.25. The number of hydrogen-bond donors (Lipinski definition) is 0. The van der Waals surface area contributed by atoms with Gasteiger partial charge in [-0.25, -0.2) is 0 Å². The molecule has 2 heterocycles. The van der Waals surface area contributed by atoms with Crippen LogP contribution in [0.4, 0.5) is 5.69 Å². The van der Waals surface area contributed by atoms with Crippen molar-refractivity contribution < 1.29 is 0 Å². The highest BCUT2D eigenvalue weighted by Crippen LogP contribution is 2.36. The molecule has 3 rings (SSSR count). The highest BCUT2D eigenvalue weighted by atomic mass is 32.1. The standard InChI is InChI=1S/C12H13N3S/c1-9-6-15(7-10-8-16-14-13-10)12-5-3-2-4-11(9)12/h2-5,8-9H,6-7H2,1H3. The van der Waals surface area contributed by atoms with Gasteiger partial charge >= 0.3 is 0 Å². The minimum atomic E-state index is 0.614. The van der Waals surface area contributed by atoms with Crippen molar-refractivity contribution in [3.8, 4) is 0 Å². The molecule has 1 unspecified atom stereocenters. The van der Waals surface area contributed by atoms with Crippen molar-refractivity contribution in [3.05, 3.63) is 40.9 Å². The zero-order valence-corrected chi connectivity index (χ0v) is 9.94. The van der Waals surface area contributed by atoms with Gasteiger partial charge in [0.2, 0.25) is 0 Å². The van der Waals surface area contributed by atoms with E-state index in [4.69, 9.17) is 0 Å². The molecular formula is C12H13N3S. The normalized spacial score (nSPS) is 18.8. The van der Waals surface area contributed by atoms with Crippen molar-refractivity contribution >= 4 is 17.2 Å². The second-order valence-corrected chi connectivity index (χ2v) is 4.85. The number of aromatic nitrogens is 2. The quantitative estimate of drug-likeness (QED) is 0.795. The van der Waals surface area contributed by atoms with Crippen LogP contribution in [0.5, 0.6) is 0 Å². The summed E-state index contributed by atoms with van der Waals surface area (Å²) in [5.41, 5.74) is 3.86. The molecule has 1 aromatic heterocycles. The van der Waals surface area contributed by atoms with Gasteiger partial charge in [-0.15, -0.1) is 5.10 Å². The van der Waals surface area contributed by atoms with Crippen LogP contribution >= 0.6 is 11.5 Å². The lowest BCUT2D eigenvalue weighted by Gasteiger charge is -2.17. The molecule has 1 aliphatic rings. The van der Waals surface area contributed by atoms with Gasteiger partial charge in [0.1, 0.15) is 0 Å². The second kappa shape index (κ2) is 3.87. The van der Waals surface area contributed by atoms with Crippen LogP contribution in [-0.2, 0) is 6.54 Å². The van der Waals surface area contributed by atoms with Gasteiger partial charge < -0.3 is 4.90 Å². The molecule has 0 saturated heterocycles. The summed E-state index contributed by atoms with van der Waals surface area (Å²) < 4.78 is 3.90. The molecular weight excluding hydrogens is 218 g/mol. The largest absolute Gasteiger partial charge is 0.365 e. The Morgan fingerprint density at radius 2 is 2.31 bits per heavy atom. The van der Waals surface area contributed by atoms with Crippen molar-refractivity contribution in [1.82, 2.24) is 9.59 Å². The zero-order valence-electron chi connectivity index (χ0n) is 9.13. The highest BCUT2D eigenvalue weighted by molar-refractivity contribution is 7.03. The Balaban J connectivity index is 1.89. The van der Waals surface area contributed by atoms with Gasteiger partial charge in [0.25, 0.3) is 0 Å². The molecule has 0 bridgehead atoms. The number of para-hydroxylation sites is 1. The van der Waals surface area contributed by atoms with Crippen LogP contribution in [0.2, 0.25) is 0 Å². The molecule has 1 atom stereocenters. The van der Waals surface area contributed by atoms with E-state index in [-0.39, 0.29) is 0 Å². The van der Waals surface area contributed by atoms with Crippen LogP contribution in [0, 0.1) is 0 Å². The first kappa shape index (κ1) is 9.78. The van der Waals surface area contributed by atoms with Gasteiger partial charge in [0, 0.05) is 23.5 Å². The van der Waals surface area contributed by atoms with E-state index < -0.39 is 0 Å². The number of anilines is 1. The Morgan fingerprint density at radius 1 is 1.44 bits per heavy atom. The van der Waals surface area contributed by atoms with Gasteiger partial charge in [-0.1, -0.05) is 29.6 Å². The molecule has 3 nitrogen and oxygen atoms in total. The molecule has 1 aromatic carbocycles. The van der Waals surface area contributed by atoms with E-state index in [1.165, 1.54) is 22.8 Å². The minimum Gasteiger partial charge on any atom is -0.365 e. The average molecular weight is 231 g/mol. The lowest BCUT2D eigenvalue weighted by molar-refractivity contribution is 0.735. The third-order valence-corrected chi connectivity index (χ3v) is 3.61. The molecule has 0 aliphatic carbocycles. The fraction of sp³-hybridized carbons (Fsp3) is 0.333. The molecule has 0 amide bonds. The van der Waals surface area contributed by atoms with Crippen LogP contribution in [0.15, 0.2) is 29.6 Å². The van der Waals surface area contributed by atoms with E-state index in [9.17, 15) is 0 Å². The first-order valence-electron chi connectivity index (χ1n) is 5.44. The zero-order chi connectivity index (χ0) is 11.0. The van der Waals surface area contributed by atoms with Crippen LogP contribution in [0.3, 0.4) is 0 Å². The maximum atomic E-state index is 4.10. The van der Waals surface area contributed by atoms with Gasteiger partial charge in [-0.3, -0.25) is 0 Å². The Labute approximate surface area is 98.9 Å². The Hall–Kier alpha value is -1.42. The van der Waals surface area contributed by atoms with Crippen LogP contribution in [-0.4, -0.2) is 16.1 Å². The van der Waals surface area contributed by atoms with Gasteiger partial charge in [0.15, 0.2) is 0 Å². The third-order valence-electron chi connectivity index (χ3n) is 3.06. The van der Waals surface area contributed by atoms with E-state index in [0.29, 0.717) is 5.92 Å². The molecule has 2 aromatic rings. The maximum absolute atomic E-state index is 4.10. The topological polar surface area (TPSA) is 29.0 Å². The first-order chi connectivity index (χ1) is 7.84. The van der Waals surface area contributed by atoms with E-state index in [0.717, 1.165) is 18.8 Å². The molecule has 0 saturated carbocycles. The summed E-state index contributed by atoms with van der Waals surface area (Å²) in [5.74, 6) is 0.614. The summed E-state index contributed by atoms with van der Waals surface area (Å²) in [6.45, 7) is 4.23. The van der Waals surface area contributed by atoms with Crippen molar-refractivity contribution in [3.63, 3.8) is 0 Å². The number of rotatable bonds is 2. The van der Waals surface area contributed by atoms with Crippen molar-refractivity contribution in [1.29, 1.82) is 0 Å². The Kier molecular flexibility index (Phi) is 2.36. The van der Waals surface area contributed by atoms with Crippen molar-refractivity contribution in [2.75, 3.05) is 11.4 Å². The second-order valence-electron chi connectivity index (χ2n) is 4.24. The van der Waals surface area contributed by atoms with Gasteiger partial charge in [-0.05, 0) is 23.2 Å². The first-order valence-corrected chi connectivity index (χ1v) is 6.28. The van der Waals surface area contributed by atoms with E-state index >= 15 is 0 Å². The van der Waals surface area contributed by atoms with Crippen molar-refractivity contribution in [2.24, 2.45) is 0 Å². The number of hydrogen-bond acceptors (Lipinski definition) is 4. The fourth-order valence-corrected chi connectivity index (χ4v) is 2.76. The van der Waals surface area contributed by atoms with E-state index in [1.807, 2.05) is 5.38 Å². The third kappa shape index (κ3) is 1.59. The molecule has 82 valence electrons. The van der Waals surface area contributed by atoms with E-state index in [1.54, 1.807) is 0 Å². The maximum Gasteiger partial charge on any atom is 0.0948 e. The summed E-state index contributed by atoms with van der Waals surface area (Å²) in [6.07, 6.45) is 0. The average Bonchev–Trinajstić information content (AvgIpc) is 2.90. The van der Waals surface area contributed by atoms with Crippen LogP contribution in [0.1, 0.15) is 24.1 Å². The smallest absolute Gasteiger partial charge is 0.0948 e. The SMILES string of the molecule is CC1CN(Cc2csnn2)c2ccccc21. The van der Waals surface area contributed by atoms with Gasteiger partial charge in [0.05, 0.1) is 12.2 Å². The summed E-state index contributed by atoms with van der Waals surface area (Å²) in [4.78, 5) is 2.39. The van der Waals surface area contributed by atoms with Crippen molar-refractivity contribution in [2.45, 2.75) is 19.4 Å². The molecule has 1 aliphatic heterocycles. The summed E-state index contributed by atoms with van der Waals surface area (Å²) in [6, 6.07) is 8.63. The predicted molar refractivity (Wildman–Crippen MR) is 65.8 cm³/mol. The molecule has 4 heteroatoms. The monoisotopic (exact) mass is 231 g/mol. The number of fused-ring (bicyclic) bond motifs is 1. The van der Waals surface area contributed by atoms with Gasteiger partial charge in [-0.2, -0.15) is 0 Å². The molecule has 16 heavy (non-hydrogen) atoms. The minimum absolute atomic E-state index is 0.614. The van der Waals surface area contributed by atoms with Crippen LogP contribution < -0.4 is 4.90 Å². The van der Waals surface area contributed by atoms with E-state index in [2.05, 4.69) is 45.7 Å². The fourth-order valence-electron chi connectivity index (χ4n) is 2.32. The molecule has 0 N–H and O–H groups in total. The summed E-state index contributed by atoms with van der Waals surface area (Å²) in [5, 5.41) is 6.12.